The third-order valence-corrected chi connectivity index (χ3v) is 4.11. The molecule has 1 amide bonds. The van der Waals surface area contributed by atoms with E-state index in [4.69, 9.17) is 11.6 Å². The summed E-state index contributed by atoms with van der Waals surface area (Å²) in [5.74, 6) is 1.21. The molecule has 0 aliphatic rings. The first-order valence-corrected chi connectivity index (χ1v) is 7.01. The minimum atomic E-state index is -0.110. The number of aryl methyl sites for hydroxylation is 1. The molecule has 0 spiro atoms. The number of H-pyrrole nitrogens is 1. The molecule has 0 fully saturated rings. The highest BCUT2D eigenvalue weighted by Crippen LogP contribution is 2.20. The molecule has 0 unspecified atom stereocenters. The van der Waals surface area contributed by atoms with Gasteiger partial charge in [0.05, 0.1) is 11.6 Å². The van der Waals surface area contributed by atoms with Crippen LogP contribution in [0.4, 0.5) is 0 Å². The number of carbonyl (C=O) groups is 1. The Bertz CT molecular complexity index is 614. The number of halogens is 2. The van der Waals surface area contributed by atoms with Gasteiger partial charge in [-0.05, 0) is 47.7 Å². The maximum absolute atomic E-state index is 12.2. The zero-order valence-electron chi connectivity index (χ0n) is 10.4. The molecule has 7 heteroatoms. The standard InChI is InChI=1S/C12H12ClIN4O/c1-7-15-11(17-16-7)6-18(2)12(19)8-3-4-10(14)9(13)5-8/h3-5H,6H2,1-2H3,(H,15,16,17). The van der Waals surface area contributed by atoms with Crippen LogP contribution in [-0.4, -0.2) is 33.0 Å². The van der Waals surface area contributed by atoms with Crippen LogP contribution in [0.1, 0.15) is 22.0 Å². The summed E-state index contributed by atoms with van der Waals surface area (Å²) in [7, 11) is 1.71. The van der Waals surface area contributed by atoms with Crippen molar-refractivity contribution in [1.82, 2.24) is 20.1 Å². The normalized spacial score (nSPS) is 10.5. The van der Waals surface area contributed by atoms with Gasteiger partial charge < -0.3 is 4.90 Å². The molecule has 0 saturated heterocycles. The predicted molar refractivity (Wildman–Crippen MR) is 81.1 cm³/mol. The number of nitrogens with zero attached hydrogens (tertiary/aromatic N) is 3. The molecule has 1 aromatic heterocycles. The third-order valence-electron chi connectivity index (χ3n) is 2.54. The van der Waals surface area contributed by atoms with Gasteiger partial charge in [0.15, 0.2) is 5.82 Å². The molecule has 100 valence electrons. The number of rotatable bonds is 3. The number of hydrogen-bond donors (Lipinski definition) is 1. The van der Waals surface area contributed by atoms with Crippen LogP contribution < -0.4 is 0 Å². The summed E-state index contributed by atoms with van der Waals surface area (Å²) in [4.78, 5) is 17.9. The summed E-state index contributed by atoms with van der Waals surface area (Å²) in [6.45, 7) is 2.17. The molecule has 1 N–H and O–H groups in total. The fraction of sp³-hybridized carbons (Fsp3) is 0.250. The van der Waals surface area contributed by atoms with E-state index in [1.165, 1.54) is 0 Å². The van der Waals surface area contributed by atoms with Crippen LogP contribution in [-0.2, 0) is 6.54 Å². The van der Waals surface area contributed by atoms with Gasteiger partial charge >= 0.3 is 0 Å². The summed E-state index contributed by atoms with van der Waals surface area (Å²) in [5.41, 5.74) is 0.556. The molecule has 19 heavy (non-hydrogen) atoms. The molecule has 0 atom stereocenters. The van der Waals surface area contributed by atoms with Crippen molar-refractivity contribution in [2.24, 2.45) is 0 Å². The highest BCUT2D eigenvalue weighted by atomic mass is 127. The second-order valence-corrected chi connectivity index (χ2v) is 5.70. The molecule has 5 nitrogen and oxygen atoms in total. The highest BCUT2D eigenvalue weighted by Gasteiger charge is 2.15. The number of benzene rings is 1. The van der Waals surface area contributed by atoms with Crippen molar-refractivity contribution in [3.8, 4) is 0 Å². The van der Waals surface area contributed by atoms with Gasteiger partial charge in [-0.15, -0.1) is 0 Å². The topological polar surface area (TPSA) is 61.9 Å². The molecule has 0 aliphatic heterocycles. The molecule has 1 heterocycles. The lowest BCUT2D eigenvalue weighted by molar-refractivity contribution is 0.0781. The zero-order chi connectivity index (χ0) is 14.0. The minimum Gasteiger partial charge on any atom is -0.334 e. The van der Waals surface area contributed by atoms with Crippen LogP contribution >= 0.6 is 34.2 Å². The fourth-order valence-electron chi connectivity index (χ4n) is 1.59. The first-order chi connectivity index (χ1) is 8.97. The maximum atomic E-state index is 12.2. The molecular formula is C12H12ClIN4O. The highest BCUT2D eigenvalue weighted by molar-refractivity contribution is 14.1. The molecule has 2 rings (SSSR count). The first kappa shape index (κ1) is 14.3. The molecule has 1 aromatic carbocycles. The lowest BCUT2D eigenvalue weighted by Gasteiger charge is -2.15. The Balaban J connectivity index is 2.12. The van der Waals surface area contributed by atoms with Gasteiger partial charge in [-0.3, -0.25) is 9.89 Å². The van der Waals surface area contributed by atoms with Crippen molar-refractivity contribution >= 4 is 40.1 Å². The van der Waals surface area contributed by atoms with Crippen LogP contribution in [0.3, 0.4) is 0 Å². The third kappa shape index (κ3) is 3.44. The number of aromatic nitrogens is 3. The summed E-state index contributed by atoms with van der Waals surface area (Å²) < 4.78 is 0.920. The van der Waals surface area contributed by atoms with Crippen LogP contribution in [0.25, 0.3) is 0 Å². The van der Waals surface area contributed by atoms with E-state index in [0.717, 1.165) is 9.39 Å². The number of aromatic amines is 1. The molecule has 0 radical (unpaired) electrons. The number of amides is 1. The lowest BCUT2D eigenvalue weighted by Crippen LogP contribution is -2.26. The van der Waals surface area contributed by atoms with Crippen LogP contribution in [0.15, 0.2) is 18.2 Å². The van der Waals surface area contributed by atoms with E-state index in [2.05, 4.69) is 37.8 Å². The SMILES string of the molecule is Cc1nc(CN(C)C(=O)c2ccc(I)c(Cl)c2)n[nH]1. The van der Waals surface area contributed by atoms with E-state index in [1.807, 2.05) is 13.0 Å². The average Bonchev–Trinajstić information content (AvgIpc) is 2.77. The quantitative estimate of drug-likeness (QED) is 0.820. The fourth-order valence-corrected chi connectivity index (χ4v) is 2.11. The van der Waals surface area contributed by atoms with Crippen molar-refractivity contribution in [2.75, 3.05) is 7.05 Å². The van der Waals surface area contributed by atoms with Crippen molar-refractivity contribution in [1.29, 1.82) is 0 Å². The first-order valence-electron chi connectivity index (χ1n) is 5.56. The number of hydrogen-bond acceptors (Lipinski definition) is 3. The van der Waals surface area contributed by atoms with Crippen molar-refractivity contribution in [2.45, 2.75) is 13.5 Å². The van der Waals surface area contributed by atoms with E-state index in [-0.39, 0.29) is 5.91 Å². The number of carbonyl (C=O) groups excluding carboxylic acids is 1. The van der Waals surface area contributed by atoms with Crippen LogP contribution in [0, 0.1) is 10.5 Å². The Morgan fingerprint density at radius 1 is 1.53 bits per heavy atom. The van der Waals surface area contributed by atoms with Crippen molar-refractivity contribution in [3.05, 3.63) is 44.0 Å². The summed E-state index contributed by atoms with van der Waals surface area (Å²) in [5, 5.41) is 7.33. The maximum Gasteiger partial charge on any atom is 0.254 e. The molecule has 0 bridgehead atoms. The van der Waals surface area contributed by atoms with Gasteiger partial charge in [-0.1, -0.05) is 11.6 Å². The van der Waals surface area contributed by atoms with Crippen LogP contribution in [0.5, 0.6) is 0 Å². The second kappa shape index (κ2) is 5.87. The van der Waals surface area contributed by atoms with Crippen molar-refractivity contribution < 1.29 is 4.79 Å². The van der Waals surface area contributed by atoms with E-state index in [9.17, 15) is 4.79 Å². The van der Waals surface area contributed by atoms with Gasteiger partial charge in [-0.25, -0.2) is 4.98 Å². The minimum absolute atomic E-state index is 0.110. The molecule has 2 aromatic rings. The van der Waals surface area contributed by atoms with E-state index in [0.29, 0.717) is 23.0 Å². The van der Waals surface area contributed by atoms with Gasteiger partial charge in [0, 0.05) is 16.2 Å². The lowest BCUT2D eigenvalue weighted by atomic mass is 10.2. The monoisotopic (exact) mass is 390 g/mol. The summed E-state index contributed by atoms with van der Waals surface area (Å²) in [6.07, 6.45) is 0. The van der Waals surface area contributed by atoms with Crippen molar-refractivity contribution in [3.63, 3.8) is 0 Å². The second-order valence-electron chi connectivity index (χ2n) is 4.13. The van der Waals surface area contributed by atoms with Gasteiger partial charge in [-0.2, -0.15) is 5.10 Å². The molecular weight excluding hydrogens is 379 g/mol. The Kier molecular flexibility index (Phi) is 4.41. The van der Waals surface area contributed by atoms with Gasteiger partial charge in [0.1, 0.15) is 5.82 Å². The Labute approximate surface area is 129 Å². The summed E-state index contributed by atoms with van der Waals surface area (Å²) in [6, 6.07) is 5.25. The van der Waals surface area contributed by atoms with Crippen LogP contribution in [0.2, 0.25) is 5.02 Å². The summed E-state index contributed by atoms with van der Waals surface area (Å²) >= 11 is 8.14. The molecule has 0 aliphatic carbocycles. The largest absolute Gasteiger partial charge is 0.334 e. The van der Waals surface area contributed by atoms with Gasteiger partial charge in [0.25, 0.3) is 5.91 Å². The smallest absolute Gasteiger partial charge is 0.254 e. The predicted octanol–water partition coefficient (Wildman–Crippen LogP) is 2.64. The Morgan fingerprint density at radius 2 is 2.26 bits per heavy atom. The number of nitrogens with one attached hydrogen (secondary N) is 1. The Morgan fingerprint density at radius 3 is 2.84 bits per heavy atom. The zero-order valence-corrected chi connectivity index (χ0v) is 13.4. The van der Waals surface area contributed by atoms with E-state index >= 15 is 0 Å². The van der Waals surface area contributed by atoms with E-state index < -0.39 is 0 Å². The molecule has 0 saturated carbocycles. The van der Waals surface area contributed by atoms with Gasteiger partial charge in [0.2, 0.25) is 0 Å². The average molecular weight is 391 g/mol. The Hall–Kier alpha value is -1.15. The van der Waals surface area contributed by atoms with E-state index in [1.54, 1.807) is 24.1 Å².